The first-order valence-electron chi connectivity index (χ1n) is 9.07. The monoisotopic (exact) mass is 486 g/mol. The molecule has 30 heavy (non-hydrogen) atoms. The molecule has 8 nitrogen and oxygen atoms in total. The second kappa shape index (κ2) is 8.42. The van der Waals surface area contributed by atoms with Gasteiger partial charge in [0, 0.05) is 18.0 Å². The largest absolute Gasteiger partial charge is 0.454 e. The average Bonchev–Trinajstić information content (AvgIpc) is 3.35. The minimum absolute atomic E-state index is 0.119. The molecule has 0 saturated carbocycles. The zero-order chi connectivity index (χ0) is 21.5. The number of thiocarbonyl (C=S) groups is 1. The van der Waals surface area contributed by atoms with E-state index in [0.717, 1.165) is 15.6 Å². The third-order valence-electron chi connectivity index (χ3n) is 4.58. The lowest BCUT2D eigenvalue weighted by atomic mass is 10.2. The smallest absolute Gasteiger partial charge is 0.266 e. The van der Waals surface area contributed by atoms with Crippen LogP contribution in [0.25, 0.3) is 0 Å². The molecule has 0 atom stereocenters. The predicted octanol–water partition coefficient (Wildman–Crippen LogP) is 3.21. The maximum absolute atomic E-state index is 12.5. The summed E-state index contributed by atoms with van der Waals surface area (Å²) in [5.41, 5.74) is 0.797. The van der Waals surface area contributed by atoms with Gasteiger partial charge in [-0.1, -0.05) is 35.7 Å². The Morgan fingerprint density at radius 1 is 1.23 bits per heavy atom. The lowest BCUT2D eigenvalue weighted by molar-refractivity contribution is -0.122. The number of hydrogen-bond acceptors (Lipinski definition) is 9. The number of amides is 1. The molecule has 1 N–H and O–H groups in total. The highest BCUT2D eigenvalue weighted by atomic mass is 32.2. The molecule has 3 aliphatic heterocycles. The Bertz CT molecular complexity index is 1080. The van der Waals surface area contributed by atoms with Crippen molar-refractivity contribution in [2.45, 2.75) is 18.2 Å². The number of anilines is 1. The second-order valence-corrected chi connectivity index (χ2v) is 10.8. The fourth-order valence-electron chi connectivity index (χ4n) is 3.24. The van der Waals surface area contributed by atoms with E-state index in [2.05, 4.69) is 0 Å². The molecule has 0 aromatic heterocycles. The quantitative estimate of drug-likeness (QED) is 0.367. The van der Waals surface area contributed by atoms with Crippen LogP contribution in [0.15, 0.2) is 39.1 Å². The van der Waals surface area contributed by atoms with E-state index in [1.807, 2.05) is 30.0 Å². The highest BCUT2D eigenvalue weighted by Crippen LogP contribution is 2.55. The third-order valence-corrected chi connectivity index (χ3v) is 7.89. The van der Waals surface area contributed by atoms with Gasteiger partial charge in [-0.2, -0.15) is 8.42 Å². The Morgan fingerprint density at radius 2 is 2.03 bits per heavy atom. The number of benzene rings is 1. The highest BCUT2D eigenvalue weighted by Gasteiger charge is 2.34. The zero-order valence-electron chi connectivity index (χ0n) is 15.9. The highest BCUT2D eigenvalue weighted by molar-refractivity contribution is 8.26. The maximum atomic E-state index is 12.5. The summed E-state index contributed by atoms with van der Waals surface area (Å²) in [7, 11) is -4.06. The van der Waals surface area contributed by atoms with E-state index in [-0.39, 0.29) is 24.9 Å². The second-order valence-electron chi connectivity index (χ2n) is 6.49. The Labute approximate surface area is 188 Å². The molecule has 0 spiro atoms. The molecule has 3 aliphatic rings. The van der Waals surface area contributed by atoms with Gasteiger partial charge < -0.3 is 14.4 Å². The maximum Gasteiger partial charge on any atom is 0.266 e. The number of carbonyl (C=O) groups is 1. The van der Waals surface area contributed by atoms with Crippen molar-refractivity contribution in [2.24, 2.45) is 0 Å². The number of hydrogen-bond donors (Lipinski definition) is 1. The van der Waals surface area contributed by atoms with Crippen molar-refractivity contribution in [3.05, 3.63) is 34.2 Å². The summed E-state index contributed by atoms with van der Waals surface area (Å²) in [5, 5.41) is 0.811. The Balaban J connectivity index is 1.65. The molecular weight excluding hydrogens is 468 g/mol. The third kappa shape index (κ3) is 4.19. The van der Waals surface area contributed by atoms with Crippen molar-refractivity contribution in [2.75, 3.05) is 30.5 Å². The molecule has 0 aliphatic carbocycles. The van der Waals surface area contributed by atoms with Crippen LogP contribution in [0.1, 0.15) is 13.3 Å². The standard InChI is InChI=1S/C18H18N2O6S4/c1-2-19-17(21)13(29-18(19)27)6-7-14-20(8-3-9-30(22,23)24)15-12(28-14)5-4-11-16(15)26-10-25-11/h4-7H,2-3,8-10H2,1H3,(H,22,23,24)/b13-6+,14-7?. The van der Waals surface area contributed by atoms with E-state index in [0.29, 0.717) is 33.8 Å². The molecule has 12 heteroatoms. The van der Waals surface area contributed by atoms with Gasteiger partial charge in [0.1, 0.15) is 10.0 Å². The fourth-order valence-corrected chi connectivity index (χ4v) is 6.15. The molecule has 160 valence electrons. The summed E-state index contributed by atoms with van der Waals surface area (Å²) in [6.07, 6.45) is 3.78. The lowest BCUT2D eigenvalue weighted by Crippen LogP contribution is -2.27. The van der Waals surface area contributed by atoms with Crippen molar-refractivity contribution >= 4 is 61.8 Å². The van der Waals surface area contributed by atoms with Crippen LogP contribution in [0.3, 0.4) is 0 Å². The van der Waals surface area contributed by atoms with Crippen molar-refractivity contribution in [3.8, 4) is 11.5 Å². The summed E-state index contributed by atoms with van der Waals surface area (Å²) in [5.74, 6) is 0.755. The zero-order valence-corrected chi connectivity index (χ0v) is 19.1. The number of carbonyl (C=O) groups excluding carboxylic acids is 1. The van der Waals surface area contributed by atoms with E-state index < -0.39 is 10.1 Å². The minimum atomic E-state index is -4.06. The van der Waals surface area contributed by atoms with E-state index >= 15 is 0 Å². The SMILES string of the molecule is CCN1C(=O)/C(=C\C=C2Sc3ccc4c(c3N2CCCS(=O)(=O)O)OCO4)SC1=S. The van der Waals surface area contributed by atoms with Crippen LogP contribution in [0, 0.1) is 0 Å². The van der Waals surface area contributed by atoms with Gasteiger partial charge >= 0.3 is 0 Å². The van der Waals surface area contributed by atoms with Gasteiger partial charge in [-0.25, -0.2) is 0 Å². The van der Waals surface area contributed by atoms with Crippen LogP contribution in [-0.2, 0) is 14.9 Å². The summed E-state index contributed by atoms with van der Waals surface area (Å²) in [6.45, 7) is 2.85. The molecule has 1 aromatic carbocycles. The lowest BCUT2D eigenvalue weighted by Gasteiger charge is -2.21. The first-order valence-corrected chi connectivity index (χ1v) is 12.7. The minimum Gasteiger partial charge on any atom is -0.454 e. The van der Waals surface area contributed by atoms with Gasteiger partial charge in [-0.15, -0.1) is 0 Å². The number of fused-ring (bicyclic) bond motifs is 3. The van der Waals surface area contributed by atoms with Gasteiger partial charge in [0.25, 0.3) is 16.0 Å². The van der Waals surface area contributed by atoms with Gasteiger partial charge in [-0.3, -0.25) is 14.2 Å². The molecule has 1 saturated heterocycles. The first-order chi connectivity index (χ1) is 14.3. The number of allylic oxidation sites excluding steroid dienone is 2. The molecule has 0 unspecified atom stereocenters. The number of rotatable bonds is 6. The summed E-state index contributed by atoms with van der Waals surface area (Å²) in [4.78, 5) is 17.4. The van der Waals surface area contributed by atoms with Gasteiger partial charge in [0.2, 0.25) is 6.79 Å². The fraction of sp³-hybridized carbons (Fsp3) is 0.333. The molecule has 4 rings (SSSR count). The summed E-state index contributed by atoms with van der Waals surface area (Å²) in [6, 6.07) is 3.75. The number of likely N-dealkylation sites (N-methyl/N-ethyl adjacent to an activating group) is 1. The van der Waals surface area contributed by atoms with Crippen LogP contribution in [-0.4, -0.2) is 53.7 Å². The predicted molar refractivity (Wildman–Crippen MR) is 121 cm³/mol. The Morgan fingerprint density at radius 3 is 2.73 bits per heavy atom. The average molecular weight is 487 g/mol. The Hall–Kier alpha value is -1.73. The van der Waals surface area contributed by atoms with Crippen LogP contribution < -0.4 is 14.4 Å². The van der Waals surface area contributed by atoms with Crippen LogP contribution in [0.2, 0.25) is 0 Å². The van der Waals surface area contributed by atoms with Crippen molar-refractivity contribution in [3.63, 3.8) is 0 Å². The molecule has 0 radical (unpaired) electrons. The van der Waals surface area contributed by atoms with Gasteiger partial charge in [0.15, 0.2) is 11.5 Å². The Kier molecular flexibility index (Phi) is 6.04. The molecule has 0 bridgehead atoms. The van der Waals surface area contributed by atoms with E-state index in [9.17, 15) is 13.2 Å². The van der Waals surface area contributed by atoms with Crippen LogP contribution in [0.5, 0.6) is 11.5 Å². The summed E-state index contributed by atoms with van der Waals surface area (Å²) >= 11 is 7.99. The molecule has 1 amide bonds. The van der Waals surface area contributed by atoms with Crippen molar-refractivity contribution in [1.82, 2.24) is 4.90 Å². The first kappa shape index (κ1) is 21.5. The molecule has 1 fully saturated rings. The molecule has 1 aromatic rings. The van der Waals surface area contributed by atoms with E-state index in [1.165, 1.54) is 23.5 Å². The number of thioether (sulfide) groups is 2. The number of ether oxygens (including phenoxy) is 2. The summed E-state index contributed by atoms with van der Waals surface area (Å²) < 4.78 is 43.0. The van der Waals surface area contributed by atoms with Crippen molar-refractivity contribution in [1.29, 1.82) is 0 Å². The van der Waals surface area contributed by atoms with E-state index in [4.69, 9.17) is 26.2 Å². The van der Waals surface area contributed by atoms with E-state index in [1.54, 1.807) is 11.0 Å². The van der Waals surface area contributed by atoms with Crippen LogP contribution in [0.4, 0.5) is 5.69 Å². The molecule has 3 heterocycles. The number of nitrogens with zero attached hydrogens (tertiary/aromatic N) is 2. The van der Waals surface area contributed by atoms with Gasteiger partial charge in [-0.05, 0) is 37.6 Å². The van der Waals surface area contributed by atoms with Crippen LogP contribution >= 0.6 is 35.7 Å². The van der Waals surface area contributed by atoms with Gasteiger partial charge in [0.05, 0.1) is 15.7 Å². The normalized spacial score (nSPS) is 20.7. The van der Waals surface area contributed by atoms with Crippen molar-refractivity contribution < 1.29 is 27.2 Å². The molecular formula is C18H18N2O6S4. The topological polar surface area (TPSA) is 96.4 Å².